The summed E-state index contributed by atoms with van der Waals surface area (Å²) in [7, 11) is 0. The van der Waals surface area contributed by atoms with E-state index in [0.29, 0.717) is 21.7 Å². The van der Waals surface area contributed by atoms with Gasteiger partial charge in [0.1, 0.15) is 11.5 Å². The molecule has 2 N–H and O–H groups in total. The first-order valence-corrected chi connectivity index (χ1v) is 9.18. The number of benzene rings is 3. The van der Waals surface area contributed by atoms with Crippen LogP contribution in [0.3, 0.4) is 0 Å². The summed E-state index contributed by atoms with van der Waals surface area (Å²) in [4.78, 5) is 24.8. The Morgan fingerprint density at radius 1 is 1.10 bits per heavy atom. The Kier molecular flexibility index (Phi) is 5.35. The third-order valence-electron chi connectivity index (χ3n) is 4.36. The number of nitrogens with one attached hydrogen (secondary N) is 1. The normalized spacial score (nSPS) is 14.9. The van der Waals surface area contributed by atoms with Crippen LogP contribution in [0.2, 0.25) is 5.02 Å². The van der Waals surface area contributed by atoms with Crippen molar-refractivity contribution < 1.29 is 29.5 Å². The summed E-state index contributed by atoms with van der Waals surface area (Å²) in [5.74, 6) is -0.398. The van der Waals surface area contributed by atoms with Crippen LogP contribution in [0.4, 0.5) is 5.69 Å². The maximum Gasteiger partial charge on any atom is 0.343 e. The number of quaternary nitrogens is 1. The number of fused-ring (bicyclic) bond motifs is 1. The fraction of sp³-hybridized carbons (Fsp3) is 0. The van der Waals surface area contributed by atoms with Crippen molar-refractivity contribution in [3.05, 3.63) is 99.4 Å². The molecular weight excluding hydrogens is 410 g/mol. The summed E-state index contributed by atoms with van der Waals surface area (Å²) >= 11 is 5.81. The predicted octanol–water partition coefficient (Wildman–Crippen LogP) is 3.58. The molecule has 30 heavy (non-hydrogen) atoms. The number of hydrogen-bond donors (Lipinski definition) is 2. The molecule has 0 spiro atoms. The van der Waals surface area contributed by atoms with E-state index >= 15 is 0 Å². The van der Waals surface area contributed by atoms with Crippen LogP contribution < -0.4 is 14.7 Å². The van der Waals surface area contributed by atoms with Gasteiger partial charge < -0.3 is 14.7 Å². The third kappa shape index (κ3) is 4.10. The molecule has 150 valence electrons. The van der Waals surface area contributed by atoms with Gasteiger partial charge in [-0.25, -0.2) is 10.0 Å². The Bertz CT molecular complexity index is 1170. The average molecular weight is 424 g/mol. The van der Waals surface area contributed by atoms with E-state index in [9.17, 15) is 14.8 Å². The summed E-state index contributed by atoms with van der Waals surface area (Å²) in [6, 6.07) is 16.9. The van der Waals surface area contributed by atoms with Gasteiger partial charge >= 0.3 is 5.97 Å². The molecule has 1 heterocycles. The highest BCUT2D eigenvalue weighted by atomic mass is 35.5. The van der Waals surface area contributed by atoms with Gasteiger partial charge in [0.15, 0.2) is 11.4 Å². The molecule has 0 saturated carbocycles. The highest BCUT2D eigenvalue weighted by Crippen LogP contribution is 2.35. The van der Waals surface area contributed by atoms with E-state index in [1.165, 1.54) is 36.4 Å². The Balaban J connectivity index is 1.54. The zero-order valence-electron chi connectivity index (χ0n) is 15.3. The van der Waals surface area contributed by atoms with Crippen LogP contribution in [0.1, 0.15) is 26.3 Å². The fourth-order valence-corrected chi connectivity index (χ4v) is 3.02. The summed E-state index contributed by atoms with van der Waals surface area (Å²) in [5.41, 5.74) is 1.27. The van der Waals surface area contributed by atoms with Crippen LogP contribution in [0.5, 0.6) is 11.5 Å². The van der Waals surface area contributed by atoms with Crippen LogP contribution >= 0.6 is 11.6 Å². The lowest BCUT2D eigenvalue weighted by atomic mass is 10.1. The van der Waals surface area contributed by atoms with Crippen molar-refractivity contribution >= 4 is 35.1 Å². The lowest BCUT2D eigenvalue weighted by molar-refractivity contribution is -0.991. The molecule has 8 heteroatoms. The predicted molar refractivity (Wildman–Crippen MR) is 108 cm³/mol. The number of carbonyl (C=O) groups is 2. The molecule has 0 aromatic heterocycles. The van der Waals surface area contributed by atoms with Crippen molar-refractivity contribution in [1.29, 1.82) is 0 Å². The van der Waals surface area contributed by atoms with Crippen molar-refractivity contribution in [2.24, 2.45) is 0 Å². The van der Waals surface area contributed by atoms with Crippen LogP contribution in [0.15, 0.2) is 72.5 Å². The van der Waals surface area contributed by atoms with Crippen LogP contribution in [0.25, 0.3) is 6.08 Å². The topological polar surface area (TPSA) is 100 Å². The van der Waals surface area contributed by atoms with Crippen LogP contribution in [-0.4, -0.2) is 17.0 Å². The Morgan fingerprint density at radius 2 is 1.87 bits per heavy atom. The number of ether oxygens (including phenoxy) is 2. The number of halogens is 1. The Labute approximate surface area is 175 Å². The molecule has 0 fully saturated rings. The van der Waals surface area contributed by atoms with Gasteiger partial charge in [-0.2, -0.15) is 5.23 Å². The second-order valence-electron chi connectivity index (χ2n) is 6.42. The number of allylic oxidation sites excluding steroid dienone is 1. The van der Waals surface area contributed by atoms with Gasteiger partial charge in [-0.3, -0.25) is 4.79 Å². The number of hydrogen-bond acceptors (Lipinski definition) is 6. The largest absolute Gasteiger partial charge is 0.595 e. The molecule has 0 radical (unpaired) electrons. The zero-order chi connectivity index (χ0) is 21.3. The van der Waals surface area contributed by atoms with Crippen molar-refractivity contribution in [2.45, 2.75) is 0 Å². The molecule has 0 amide bonds. The van der Waals surface area contributed by atoms with Gasteiger partial charge in [-0.15, -0.1) is 0 Å². The van der Waals surface area contributed by atoms with Crippen molar-refractivity contribution in [3.8, 4) is 11.5 Å². The van der Waals surface area contributed by atoms with E-state index in [4.69, 9.17) is 26.3 Å². The molecule has 0 bridgehead atoms. The van der Waals surface area contributed by atoms with Gasteiger partial charge in [-0.1, -0.05) is 23.7 Å². The molecule has 0 aliphatic carbocycles. The zero-order valence-corrected chi connectivity index (χ0v) is 16.1. The number of esters is 1. The van der Waals surface area contributed by atoms with Gasteiger partial charge in [0, 0.05) is 23.2 Å². The highest BCUT2D eigenvalue weighted by molar-refractivity contribution is 6.30. The number of Topliss-reactive ketones (excluding diaryl/α,β-unsaturated/α-hetero) is 1. The maximum absolute atomic E-state index is 12.6. The molecule has 3 aromatic carbocycles. The molecule has 1 unspecified atom stereocenters. The summed E-state index contributed by atoms with van der Waals surface area (Å²) in [6.45, 7) is 0. The molecule has 7 nitrogen and oxygen atoms in total. The van der Waals surface area contributed by atoms with Gasteiger partial charge in [0.2, 0.25) is 5.78 Å². The number of carbonyl (C=O) groups excluding carboxylic acids is 2. The minimum Gasteiger partial charge on any atom is -0.595 e. The molecule has 1 aliphatic rings. The van der Waals surface area contributed by atoms with Crippen molar-refractivity contribution in [3.63, 3.8) is 0 Å². The van der Waals surface area contributed by atoms with Crippen molar-refractivity contribution in [2.75, 3.05) is 0 Å². The minimum atomic E-state index is -1.07. The summed E-state index contributed by atoms with van der Waals surface area (Å²) in [5, 5.41) is 19.6. The van der Waals surface area contributed by atoms with Crippen LogP contribution in [0, 0.1) is 5.21 Å². The van der Waals surface area contributed by atoms with E-state index in [2.05, 4.69) is 0 Å². The lowest BCUT2D eigenvalue weighted by Crippen LogP contribution is -2.99. The Hall–Kier alpha value is -3.49. The second-order valence-corrected chi connectivity index (χ2v) is 6.86. The quantitative estimate of drug-likeness (QED) is 0.288. The molecule has 0 saturated heterocycles. The van der Waals surface area contributed by atoms with E-state index in [0.717, 1.165) is 0 Å². The molecule has 3 aromatic rings. The Morgan fingerprint density at radius 3 is 2.60 bits per heavy atom. The van der Waals surface area contributed by atoms with Gasteiger partial charge in [0.05, 0.1) is 11.1 Å². The first-order valence-electron chi connectivity index (χ1n) is 8.80. The maximum atomic E-state index is 12.6. The third-order valence-corrected chi connectivity index (χ3v) is 4.62. The molecule has 1 atom stereocenters. The average Bonchev–Trinajstić information content (AvgIpc) is 3.03. The van der Waals surface area contributed by atoms with E-state index in [1.807, 2.05) is 0 Å². The first-order chi connectivity index (χ1) is 14.4. The van der Waals surface area contributed by atoms with E-state index in [-0.39, 0.29) is 28.7 Å². The van der Waals surface area contributed by atoms with Gasteiger partial charge in [0.25, 0.3) is 0 Å². The lowest BCUT2D eigenvalue weighted by Gasteiger charge is -2.11. The standard InChI is InChI=1S/C22H14ClNO6/c23-15-6-4-14(5-7-15)22(26)29-17-8-9-18-19(12-17)30-20(21(18)25)11-13-2-1-3-16(10-13)24(27)28/h1-12,24,27H. The molecule has 4 rings (SSSR count). The van der Waals surface area contributed by atoms with Crippen molar-refractivity contribution in [1.82, 2.24) is 0 Å². The van der Waals surface area contributed by atoms with Crippen LogP contribution in [-0.2, 0) is 0 Å². The van der Waals surface area contributed by atoms with E-state index in [1.54, 1.807) is 36.4 Å². The van der Waals surface area contributed by atoms with E-state index < -0.39 is 11.2 Å². The second kappa shape index (κ2) is 8.10. The monoisotopic (exact) mass is 423 g/mol. The SMILES string of the molecule is O=C(Oc1ccc2c(c1)OC(=Cc1cccc([NH+]([O-])O)c1)C2=O)c1ccc(Cl)cc1. The minimum absolute atomic E-state index is 0.0497. The first kappa shape index (κ1) is 19.8. The number of ketones is 1. The molecule has 1 aliphatic heterocycles. The summed E-state index contributed by atoms with van der Waals surface area (Å²) in [6.07, 6.45) is 1.47. The molecular formula is C22H14ClNO6. The highest BCUT2D eigenvalue weighted by Gasteiger charge is 2.28. The fourth-order valence-electron chi connectivity index (χ4n) is 2.90. The number of rotatable bonds is 4. The smallest absolute Gasteiger partial charge is 0.343 e. The van der Waals surface area contributed by atoms with Gasteiger partial charge in [-0.05, 0) is 48.0 Å². The summed E-state index contributed by atoms with van der Waals surface area (Å²) < 4.78 is 11.0.